The zero-order valence-electron chi connectivity index (χ0n) is 11.4. The second-order valence-electron chi connectivity index (χ2n) is 4.42. The van der Waals surface area contributed by atoms with Crippen LogP contribution in [0.15, 0.2) is 53.4 Å². The highest BCUT2D eigenvalue weighted by atomic mass is 32.2. The highest BCUT2D eigenvalue weighted by Gasteiger charge is 2.06. The number of aliphatic hydroxyl groups is 1. The standard InChI is InChI=1S/C16H16FNO2S/c17-13-5-7-14(8-6-13)21-10-9-16(20)18-15-4-2-1-3-12(15)11-19/h1-8,19H,9-11H2,(H,18,20). The third-order valence-corrected chi connectivity index (χ3v) is 3.89. The fraction of sp³-hybridized carbons (Fsp3) is 0.188. The van der Waals surface area contributed by atoms with Gasteiger partial charge in [0, 0.05) is 28.3 Å². The van der Waals surface area contributed by atoms with Crippen molar-refractivity contribution in [2.24, 2.45) is 0 Å². The average Bonchev–Trinajstić information content (AvgIpc) is 2.50. The third kappa shape index (κ3) is 4.88. The summed E-state index contributed by atoms with van der Waals surface area (Å²) in [6.07, 6.45) is 0.349. The van der Waals surface area contributed by atoms with E-state index in [1.165, 1.54) is 23.9 Å². The van der Waals surface area contributed by atoms with Crippen molar-refractivity contribution in [3.63, 3.8) is 0 Å². The Morgan fingerprint density at radius 1 is 1.14 bits per heavy atom. The fourth-order valence-corrected chi connectivity index (χ4v) is 2.64. The van der Waals surface area contributed by atoms with Crippen LogP contribution in [0.1, 0.15) is 12.0 Å². The number of benzene rings is 2. The molecule has 2 aromatic carbocycles. The van der Waals surface area contributed by atoms with Gasteiger partial charge in [0.15, 0.2) is 0 Å². The van der Waals surface area contributed by atoms with E-state index in [0.717, 1.165) is 4.90 Å². The van der Waals surface area contributed by atoms with Crippen LogP contribution in [0.3, 0.4) is 0 Å². The largest absolute Gasteiger partial charge is 0.392 e. The summed E-state index contributed by atoms with van der Waals surface area (Å²) >= 11 is 1.50. The number of aliphatic hydroxyl groups excluding tert-OH is 1. The number of hydrogen-bond acceptors (Lipinski definition) is 3. The van der Waals surface area contributed by atoms with Crippen molar-refractivity contribution in [2.75, 3.05) is 11.1 Å². The lowest BCUT2D eigenvalue weighted by atomic mass is 10.2. The van der Waals surface area contributed by atoms with Crippen LogP contribution in [0.5, 0.6) is 0 Å². The van der Waals surface area contributed by atoms with E-state index in [9.17, 15) is 14.3 Å². The van der Waals surface area contributed by atoms with E-state index in [-0.39, 0.29) is 18.3 Å². The second-order valence-corrected chi connectivity index (χ2v) is 5.58. The number of hydrogen-bond donors (Lipinski definition) is 2. The second kappa shape index (κ2) is 7.81. The van der Waals surface area contributed by atoms with Gasteiger partial charge in [-0.1, -0.05) is 18.2 Å². The molecule has 0 aliphatic carbocycles. The number of para-hydroxylation sites is 1. The molecule has 2 N–H and O–H groups in total. The lowest BCUT2D eigenvalue weighted by Gasteiger charge is -2.09. The predicted molar refractivity (Wildman–Crippen MR) is 82.7 cm³/mol. The van der Waals surface area contributed by atoms with Gasteiger partial charge in [0.1, 0.15) is 5.82 Å². The molecule has 21 heavy (non-hydrogen) atoms. The molecular weight excluding hydrogens is 289 g/mol. The summed E-state index contributed by atoms with van der Waals surface area (Å²) in [7, 11) is 0. The molecule has 0 radical (unpaired) electrons. The van der Waals surface area contributed by atoms with Gasteiger partial charge in [-0.25, -0.2) is 4.39 Å². The Balaban J connectivity index is 1.81. The number of nitrogens with one attached hydrogen (secondary N) is 1. The molecule has 0 aliphatic rings. The van der Waals surface area contributed by atoms with Crippen molar-refractivity contribution in [1.82, 2.24) is 0 Å². The van der Waals surface area contributed by atoms with E-state index in [4.69, 9.17) is 0 Å². The third-order valence-electron chi connectivity index (χ3n) is 2.87. The number of halogens is 1. The molecule has 5 heteroatoms. The summed E-state index contributed by atoms with van der Waals surface area (Å²) < 4.78 is 12.8. The Morgan fingerprint density at radius 2 is 1.86 bits per heavy atom. The van der Waals surface area contributed by atoms with Crippen molar-refractivity contribution in [1.29, 1.82) is 0 Å². The summed E-state index contributed by atoms with van der Waals surface area (Å²) in [4.78, 5) is 12.8. The first-order chi connectivity index (χ1) is 10.2. The zero-order chi connectivity index (χ0) is 15.1. The molecule has 0 bridgehead atoms. The molecule has 0 saturated heterocycles. The van der Waals surface area contributed by atoms with Gasteiger partial charge in [-0.2, -0.15) is 0 Å². The summed E-state index contributed by atoms with van der Waals surface area (Å²) in [6.45, 7) is -0.110. The monoisotopic (exact) mass is 305 g/mol. The van der Waals surface area contributed by atoms with Gasteiger partial charge in [-0.3, -0.25) is 4.79 Å². The highest BCUT2D eigenvalue weighted by molar-refractivity contribution is 7.99. The van der Waals surface area contributed by atoms with Crippen molar-refractivity contribution >= 4 is 23.4 Å². The molecule has 0 fully saturated rings. The molecule has 2 aromatic rings. The van der Waals surface area contributed by atoms with E-state index in [2.05, 4.69) is 5.32 Å². The van der Waals surface area contributed by atoms with Crippen LogP contribution in [0.4, 0.5) is 10.1 Å². The van der Waals surface area contributed by atoms with Crippen molar-refractivity contribution < 1.29 is 14.3 Å². The number of rotatable bonds is 6. The van der Waals surface area contributed by atoms with Gasteiger partial charge in [-0.15, -0.1) is 11.8 Å². The smallest absolute Gasteiger partial charge is 0.225 e. The van der Waals surface area contributed by atoms with Crippen LogP contribution in [0.25, 0.3) is 0 Å². The molecule has 3 nitrogen and oxygen atoms in total. The number of carbonyl (C=O) groups excluding carboxylic acids is 1. The fourth-order valence-electron chi connectivity index (χ4n) is 1.79. The summed E-state index contributed by atoms with van der Waals surface area (Å²) in [5.41, 5.74) is 1.33. The summed E-state index contributed by atoms with van der Waals surface area (Å²) in [5.74, 6) is 0.238. The van der Waals surface area contributed by atoms with Crippen LogP contribution in [-0.4, -0.2) is 16.8 Å². The highest BCUT2D eigenvalue weighted by Crippen LogP contribution is 2.20. The number of anilines is 1. The van der Waals surface area contributed by atoms with Crippen LogP contribution < -0.4 is 5.32 Å². The molecule has 0 aromatic heterocycles. The molecule has 0 unspecified atom stereocenters. The maximum absolute atomic E-state index is 12.8. The van der Waals surface area contributed by atoms with Gasteiger partial charge in [0.25, 0.3) is 0 Å². The van der Waals surface area contributed by atoms with Crippen molar-refractivity contribution in [2.45, 2.75) is 17.9 Å². The van der Waals surface area contributed by atoms with E-state index in [1.807, 2.05) is 12.1 Å². The maximum Gasteiger partial charge on any atom is 0.225 e. The summed E-state index contributed by atoms with van der Waals surface area (Å²) in [5, 5.41) is 12.0. The van der Waals surface area contributed by atoms with Gasteiger partial charge < -0.3 is 10.4 Å². The lowest BCUT2D eigenvalue weighted by Crippen LogP contribution is -2.13. The van der Waals surface area contributed by atoms with Crippen molar-refractivity contribution in [3.05, 3.63) is 59.9 Å². The SMILES string of the molecule is O=C(CCSc1ccc(F)cc1)Nc1ccccc1CO. The minimum Gasteiger partial charge on any atom is -0.392 e. The van der Waals surface area contributed by atoms with Crippen LogP contribution >= 0.6 is 11.8 Å². The number of amides is 1. The molecule has 0 spiro atoms. The minimum absolute atomic E-state index is 0.106. The van der Waals surface area contributed by atoms with Gasteiger partial charge in [0.2, 0.25) is 5.91 Å². The Bertz CT molecular complexity index is 601. The minimum atomic E-state index is -0.266. The van der Waals surface area contributed by atoms with Crippen LogP contribution in [-0.2, 0) is 11.4 Å². The first kappa shape index (κ1) is 15.5. The predicted octanol–water partition coefficient (Wildman–Crippen LogP) is 3.44. The van der Waals surface area contributed by atoms with Gasteiger partial charge in [-0.05, 0) is 30.3 Å². The first-order valence-electron chi connectivity index (χ1n) is 6.56. The molecular formula is C16H16FNO2S. The molecule has 1 amide bonds. The Morgan fingerprint density at radius 3 is 2.57 bits per heavy atom. The first-order valence-corrected chi connectivity index (χ1v) is 7.54. The van der Waals surface area contributed by atoms with Gasteiger partial charge >= 0.3 is 0 Å². The van der Waals surface area contributed by atoms with E-state index >= 15 is 0 Å². The molecule has 0 atom stereocenters. The lowest BCUT2D eigenvalue weighted by molar-refractivity contribution is -0.115. The van der Waals surface area contributed by atoms with E-state index in [0.29, 0.717) is 23.4 Å². The molecule has 0 heterocycles. The zero-order valence-corrected chi connectivity index (χ0v) is 12.2. The topological polar surface area (TPSA) is 49.3 Å². The number of thioether (sulfide) groups is 1. The summed E-state index contributed by atoms with van der Waals surface area (Å²) in [6, 6.07) is 13.3. The van der Waals surface area contributed by atoms with Crippen LogP contribution in [0.2, 0.25) is 0 Å². The van der Waals surface area contributed by atoms with E-state index < -0.39 is 0 Å². The Kier molecular flexibility index (Phi) is 5.78. The van der Waals surface area contributed by atoms with E-state index in [1.54, 1.807) is 24.3 Å². The molecule has 0 aliphatic heterocycles. The molecule has 0 saturated carbocycles. The molecule has 110 valence electrons. The normalized spacial score (nSPS) is 10.4. The van der Waals surface area contributed by atoms with Crippen molar-refractivity contribution in [3.8, 4) is 0 Å². The van der Waals surface area contributed by atoms with Crippen LogP contribution in [0, 0.1) is 5.82 Å². The number of carbonyl (C=O) groups is 1. The average molecular weight is 305 g/mol. The molecule has 2 rings (SSSR count). The Labute approximate surface area is 127 Å². The van der Waals surface area contributed by atoms with Gasteiger partial charge in [0.05, 0.1) is 6.61 Å². The quantitative estimate of drug-likeness (QED) is 0.804. The Hall–Kier alpha value is -1.85. The maximum atomic E-state index is 12.8.